The second-order valence-electron chi connectivity index (χ2n) is 3.88. The van der Waals surface area contributed by atoms with Crippen LogP contribution in [0.1, 0.15) is 32.6 Å². The fraction of sp³-hybridized carbons (Fsp3) is 0.900. The van der Waals surface area contributed by atoms with Gasteiger partial charge in [0.1, 0.15) is 0 Å². The molecular formula is C10H18N2S. The Bertz CT molecular complexity index is 188. The van der Waals surface area contributed by atoms with Crippen molar-refractivity contribution in [3.8, 4) is 6.07 Å². The Balaban J connectivity index is 2.21. The van der Waals surface area contributed by atoms with Crippen LogP contribution in [0.5, 0.6) is 0 Å². The van der Waals surface area contributed by atoms with E-state index in [0.29, 0.717) is 17.2 Å². The van der Waals surface area contributed by atoms with Crippen molar-refractivity contribution in [2.24, 2.45) is 0 Å². The van der Waals surface area contributed by atoms with Gasteiger partial charge in [-0.1, -0.05) is 6.42 Å². The monoisotopic (exact) mass is 198 g/mol. The molecule has 1 atom stereocenters. The molecule has 1 fully saturated rings. The maximum Gasteiger partial charge on any atom is 0.0638 e. The first-order valence-corrected chi connectivity index (χ1v) is 6.10. The van der Waals surface area contributed by atoms with E-state index < -0.39 is 0 Å². The molecule has 0 aliphatic heterocycles. The summed E-state index contributed by atoms with van der Waals surface area (Å²) in [5.41, 5.74) is 0. The molecule has 0 radical (unpaired) electrons. The number of nitrogens with zero attached hydrogens (tertiary/aromatic N) is 1. The molecule has 2 nitrogen and oxygen atoms in total. The third-order valence-electron chi connectivity index (χ3n) is 2.87. The Kier molecular flexibility index (Phi) is 4.08. The lowest BCUT2D eigenvalue weighted by Gasteiger charge is -2.41. The Morgan fingerprint density at radius 3 is 2.69 bits per heavy atom. The van der Waals surface area contributed by atoms with E-state index in [1.165, 1.54) is 19.3 Å². The zero-order valence-electron chi connectivity index (χ0n) is 8.47. The Hall–Kier alpha value is -0.200. The van der Waals surface area contributed by atoms with Gasteiger partial charge in [-0.3, -0.25) is 0 Å². The first-order chi connectivity index (χ1) is 6.22. The normalized spacial score (nSPS) is 21.6. The highest BCUT2D eigenvalue weighted by molar-refractivity contribution is 8.00. The van der Waals surface area contributed by atoms with E-state index in [0.717, 1.165) is 6.54 Å². The van der Waals surface area contributed by atoms with E-state index >= 15 is 0 Å². The summed E-state index contributed by atoms with van der Waals surface area (Å²) in [6.07, 6.45) is 6.84. The number of nitrogens with one attached hydrogen (secondary N) is 1. The van der Waals surface area contributed by atoms with Crippen LogP contribution in [0, 0.1) is 11.3 Å². The molecule has 1 unspecified atom stereocenters. The SMILES string of the molecule is CSC1(CNC(C)CC#N)CCC1. The smallest absolute Gasteiger partial charge is 0.0638 e. The fourth-order valence-electron chi connectivity index (χ4n) is 1.59. The van der Waals surface area contributed by atoms with Gasteiger partial charge in [-0.15, -0.1) is 0 Å². The van der Waals surface area contributed by atoms with Gasteiger partial charge in [0.2, 0.25) is 0 Å². The molecule has 1 aliphatic carbocycles. The zero-order valence-corrected chi connectivity index (χ0v) is 9.28. The topological polar surface area (TPSA) is 35.8 Å². The molecule has 0 spiro atoms. The Morgan fingerprint density at radius 1 is 1.62 bits per heavy atom. The van der Waals surface area contributed by atoms with E-state index in [2.05, 4.69) is 24.6 Å². The van der Waals surface area contributed by atoms with Crippen LogP contribution in [0.4, 0.5) is 0 Å². The Labute approximate surface area is 85.1 Å². The summed E-state index contributed by atoms with van der Waals surface area (Å²) in [4.78, 5) is 0. The maximum absolute atomic E-state index is 8.50. The van der Waals surface area contributed by atoms with Gasteiger partial charge in [-0.05, 0) is 26.0 Å². The third kappa shape index (κ3) is 2.89. The quantitative estimate of drug-likeness (QED) is 0.735. The van der Waals surface area contributed by atoms with Crippen molar-refractivity contribution in [3.05, 3.63) is 0 Å². The summed E-state index contributed by atoms with van der Waals surface area (Å²) < 4.78 is 0.490. The third-order valence-corrected chi connectivity index (χ3v) is 4.29. The van der Waals surface area contributed by atoms with Gasteiger partial charge < -0.3 is 5.32 Å². The van der Waals surface area contributed by atoms with Crippen molar-refractivity contribution in [3.63, 3.8) is 0 Å². The number of thioether (sulfide) groups is 1. The molecule has 74 valence electrons. The van der Waals surface area contributed by atoms with Crippen molar-refractivity contribution in [1.82, 2.24) is 5.32 Å². The highest BCUT2D eigenvalue weighted by Gasteiger charge is 2.35. The maximum atomic E-state index is 8.50. The molecule has 0 aromatic heterocycles. The first kappa shape index (κ1) is 10.9. The minimum atomic E-state index is 0.342. The van der Waals surface area contributed by atoms with E-state index in [9.17, 15) is 0 Å². The zero-order chi connectivity index (χ0) is 9.73. The summed E-state index contributed by atoms with van der Waals surface area (Å²) in [5.74, 6) is 0. The molecule has 0 amide bonds. The minimum Gasteiger partial charge on any atom is -0.312 e. The van der Waals surface area contributed by atoms with Crippen molar-refractivity contribution >= 4 is 11.8 Å². The summed E-state index contributed by atoms with van der Waals surface area (Å²) in [5, 5.41) is 11.9. The molecule has 13 heavy (non-hydrogen) atoms. The van der Waals surface area contributed by atoms with Gasteiger partial charge in [-0.25, -0.2) is 0 Å². The lowest BCUT2D eigenvalue weighted by Crippen LogP contribution is -2.45. The van der Waals surface area contributed by atoms with Crippen LogP contribution >= 0.6 is 11.8 Å². The number of hydrogen-bond acceptors (Lipinski definition) is 3. The predicted octanol–water partition coefficient (Wildman–Crippen LogP) is 2.16. The fourth-order valence-corrected chi connectivity index (χ4v) is 2.52. The van der Waals surface area contributed by atoms with Gasteiger partial charge in [0.25, 0.3) is 0 Å². The second kappa shape index (κ2) is 4.88. The van der Waals surface area contributed by atoms with E-state index in [4.69, 9.17) is 5.26 Å². The number of nitriles is 1. The molecule has 3 heteroatoms. The molecule has 0 heterocycles. The highest BCUT2D eigenvalue weighted by atomic mass is 32.2. The molecule has 0 bridgehead atoms. The van der Waals surface area contributed by atoms with Crippen LogP contribution in [0.2, 0.25) is 0 Å². The molecule has 0 saturated heterocycles. The highest BCUT2D eigenvalue weighted by Crippen LogP contribution is 2.42. The van der Waals surface area contributed by atoms with Crippen LogP contribution in [-0.4, -0.2) is 23.6 Å². The molecule has 1 saturated carbocycles. The summed E-state index contributed by atoms with van der Waals surface area (Å²) in [6.45, 7) is 3.15. The Morgan fingerprint density at radius 2 is 2.31 bits per heavy atom. The summed E-state index contributed by atoms with van der Waals surface area (Å²) in [6, 6.07) is 2.53. The lowest BCUT2D eigenvalue weighted by molar-refractivity contribution is 0.334. The van der Waals surface area contributed by atoms with Crippen LogP contribution in [0.3, 0.4) is 0 Å². The van der Waals surface area contributed by atoms with E-state index in [1.807, 2.05) is 11.8 Å². The van der Waals surface area contributed by atoms with E-state index in [1.54, 1.807) is 0 Å². The predicted molar refractivity (Wildman–Crippen MR) is 57.8 cm³/mol. The van der Waals surface area contributed by atoms with Gasteiger partial charge in [-0.2, -0.15) is 17.0 Å². The van der Waals surface area contributed by atoms with Crippen LogP contribution in [0.15, 0.2) is 0 Å². The average molecular weight is 198 g/mol. The van der Waals surface area contributed by atoms with Gasteiger partial charge in [0.15, 0.2) is 0 Å². The van der Waals surface area contributed by atoms with Crippen molar-refractivity contribution in [2.45, 2.75) is 43.4 Å². The molecule has 1 aliphatic rings. The molecule has 1 N–H and O–H groups in total. The molecule has 0 aromatic carbocycles. The number of rotatable bonds is 5. The summed E-state index contributed by atoms with van der Waals surface area (Å²) >= 11 is 1.97. The van der Waals surface area contributed by atoms with Crippen molar-refractivity contribution in [1.29, 1.82) is 5.26 Å². The molecule has 0 aromatic rings. The molecule has 1 rings (SSSR count). The van der Waals surface area contributed by atoms with Crippen molar-refractivity contribution < 1.29 is 0 Å². The largest absolute Gasteiger partial charge is 0.312 e. The minimum absolute atomic E-state index is 0.342. The van der Waals surface area contributed by atoms with Crippen LogP contribution in [0.25, 0.3) is 0 Å². The van der Waals surface area contributed by atoms with Crippen LogP contribution < -0.4 is 5.32 Å². The average Bonchev–Trinajstić information content (AvgIpc) is 2.04. The van der Waals surface area contributed by atoms with E-state index in [-0.39, 0.29) is 0 Å². The summed E-state index contributed by atoms with van der Waals surface area (Å²) in [7, 11) is 0. The van der Waals surface area contributed by atoms with Gasteiger partial charge >= 0.3 is 0 Å². The standard InChI is InChI=1S/C10H18N2S/c1-9(4-7-11)12-8-10(13-2)5-3-6-10/h9,12H,3-6,8H2,1-2H3. The van der Waals surface area contributed by atoms with Crippen molar-refractivity contribution in [2.75, 3.05) is 12.8 Å². The first-order valence-electron chi connectivity index (χ1n) is 4.88. The number of hydrogen-bond donors (Lipinski definition) is 1. The van der Waals surface area contributed by atoms with Gasteiger partial charge in [0.05, 0.1) is 12.5 Å². The molecular weight excluding hydrogens is 180 g/mol. The lowest BCUT2D eigenvalue weighted by atomic mass is 9.84. The van der Waals surface area contributed by atoms with Gasteiger partial charge in [0, 0.05) is 17.3 Å². The van der Waals surface area contributed by atoms with Crippen LogP contribution in [-0.2, 0) is 0 Å². The second-order valence-corrected chi connectivity index (χ2v) is 5.16.